The van der Waals surface area contributed by atoms with E-state index >= 15 is 0 Å². The van der Waals surface area contributed by atoms with E-state index in [1.54, 1.807) is 13.0 Å². The van der Waals surface area contributed by atoms with Crippen molar-refractivity contribution < 1.29 is 24.0 Å². The molecule has 0 fully saturated rings. The second kappa shape index (κ2) is 19.6. The quantitative estimate of drug-likeness (QED) is 0.244. The highest BCUT2D eigenvalue weighted by atomic mass is 35.5. The van der Waals surface area contributed by atoms with Crippen molar-refractivity contribution in [1.29, 1.82) is 0 Å². The van der Waals surface area contributed by atoms with Gasteiger partial charge in [0, 0.05) is 17.0 Å². The molecular formula is C28H46Cl2O5. The number of carbonyl (C=O) groups is 5. The van der Waals surface area contributed by atoms with Crippen LogP contribution in [0.15, 0.2) is 23.2 Å². The summed E-state index contributed by atoms with van der Waals surface area (Å²) in [5.41, 5.74) is 1.92. The average molecular weight is 534 g/mol. The normalized spacial score (nSPS) is 12.5. The first-order valence-electron chi connectivity index (χ1n) is 12.0. The first-order chi connectivity index (χ1) is 15.9. The first kappa shape index (κ1) is 37.9. The van der Waals surface area contributed by atoms with E-state index in [-0.39, 0.29) is 52.6 Å². The maximum absolute atomic E-state index is 11.6. The molecule has 0 bridgehead atoms. The number of hydrogen-bond donors (Lipinski definition) is 0. The third-order valence-electron chi connectivity index (χ3n) is 6.12. The molecule has 7 heteroatoms. The number of hydrogen-bond acceptors (Lipinski definition) is 5. The first-order valence-corrected chi connectivity index (χ1v) is 12.9. The van der Waals surface area contributed by atoms with Crippen LogP contribution in [0.3, 0.4) is 0 Å². The van der Waals surface area contributed by atoms with E-state index in [0.29, 0.717) is 12.3 Å². The van der Waals surface area contributed by atoms with Crippen molar-refractivity contribution in [1.82, 2.24) is 0 Å². The molecule has 0 radical (unpaired) electrons. The van der Waals surface area contributed by atoms with E-state index in [1.165, 1.54) is 38.8 Å². The van der Waals surface area contributed by atoms with Gasteiger partial charge in [-0.05, 0) is 65.2 Å². The summed E-state index contributed by atoms with van der Waals surface area (Å²) in [6, 6.07) is 0. The van der Waals surface area contributed by atoms with E-state index in [4.69, 9.17) is 23.2 Å². The second-order valence-electron chi connectivity index (χ2n) is 9.81. The molecular weight excluding hydrogens is 487 g/mol. The minimum Gasteiger partial charge on any atom is -0.300 e. The Kier molecular flexibility index (Phi) is 21.2. The Labute approximate surface area is 223 Å². The van der Waals surface area contributed by atoms with Crippen LogP contribution in [0, 0.1) is 35.0 Å². The minimum absolute atomic E-state index is 0.00892. The molecule has 5 nitrogen and oxygen atoms in total. The Bertz CT molecular complexity index is 720. The van der Waals surface area contributed by atoms with E-state index in [9.17, 15) is 24.0 Å². The molecule has 0 aromatic rings. The van der Waals surface area contributed by atoms with Crippen LogP contribution in [-0.4, -0.2) is 28.9 Å². The third kappa shape index (κ3) is 14.5. The van der Waals surface area contributed by atoms with E-state index in [2.05, 4.69) is 0 Å². The summed E-state index contributed by atoms with van der Waals surface area (Å²) < 4.78 is 0. The van der Waals surface area contributed by atoms with Crippen molar-refractivity contribution in [3.8, 4) is 0 Å². The Morgan fingerprint density at radius 2 is 1.06 bits per heavy atom. The van der Waals surface area contributed by atoms with Gasteiger partial charge >= 0.3 is 0 Å². The smallest absolute Gasteiger partial charge is 0.143 e. The van der Waals surface area contributed by atoms with Crippen molar-refractivity contribution in [2.45, 2.75) is 89.0 Å². The van der Waals surface area contributed by atoms with Crippen LogP contribution in [0.5, 0.6) is 0 Å². The molecule has 0 saturated heterocycles. The zero-order chi connectivity index (χ0) is 28.5. The molecule has 0 saturated carbocycles. The van der Waals surface area contributed by atoms with Gasteiger partial charge in [0.25, 0.3) is 0 Å². The summed E-state index contributed by atoms with van der Waals surface area (Å²) in [6.45, 7) is 19.1. The maximum atomic E-state index is 11.6. The summed E-state index contributed by atoms with van der Waals surface area (Å²) in [7, 11) is 0. The highest BCUT2D eigenvalue weighted by molar-refractivity contribution is 6.25. The fourth-order valence-corrected chi connectivity index (χ4v) is 4.34. The zero-order valence-electron chi connectivity index (χ0n) is 23.4. The Balaban J connectivity index is -0.000000447. The maximum Gasteiger partial charge on any atom is 0.143 e. The van der Waals surface area contributed by atoms with Gasteiger partial charge in [0.05, 0.1) is 11.3 Å². The van der Waals surface area contributed by atoms with Gasteiger partial charge in [-0.15, -0.1) is 0 Å². The highest BCUT2D eigenvalue weighted by Gasteiger charge is 2.42. The number of Topliss-reactive ketones (excluding diaryl/α,β-unsaturated/α-hetero) is 5. The molecule has 0 N–H and O–H groups in total. The predicted octanol–water partition coefficient (Wildman–Crippen LogP) is 7.38. The monoisotopic (exact) mass is 532 g/mol. The van der Waals surface area contributed by atoms with Crippen molar-refractivity contribution >= 4 is 52.1 Å². The van der Waals surface area contributed by atoms with Crippen molar-refractivity contribution in [2.75, 3.05) is 0 Å². The summed E-state index contributed by atoms with van der Waals surface area (Å²) >= 11 is 10.8. The number of halogens is 2. The molecule has 0 aliphatic carbocycles. The molecule has 202 valence electrons. The van der Waals surface area contributed by atoms with Gasteiger partial charge < -0.3 is 0 Å². The fourth-order valence-electron chi connectivity index (χ4n) is 4.15. The zero-order valence-corrected chi connectivity index (χ0v) is 24.9. The summed E-state index contributed by atoms with van der Waals surface area (Å²) in [5, 5.41) is 0. The highest BCUT2D eigenvalue weighted by Crippen LogP contribution is 2.34. The van der Waals surface area contributed by atoms with Crippen LogP contribution in [0.2, 0.25) is 0 Å². The van der Waals surface area contributed by atoms with Crippen LogP contribution in [-0.2, 0) is 24.0 Å². The van der Waals surface area contributed by atoms with Crippen LogP contribution < -0.4 is 0 Å². The summed E-state index contributed by atoms with van der Waals surface area (Å²) in [4.78, 5) is 55.7. The molecule has 0 aliphatic heterocycles. The van der Waals surface area contributed by atoms with Crippen LogP contribution in [0.25, 0.3) is 0 Å². The van der Waals surface area contributed by atoms with Gasteiger partial charge in [0.1, 0.15) is 28.9 Å². The Hall–Kier alpha value is -1.59. The molecule has 0 aliphatic rings. The molecule has 0 aromatic heterocycles. The molecule has 1 atom stereocenters. The average Bonchev–Trinajstić information content (AvgIpc) is 2.67. The largest absolute Gasteiger partial charge is 0.300 e. The number of allylic oxidation sites excluding steroid dienone is 2. The fraction of sp³-hybridized carbons (Fsp3) is 0.679. The molecule has 0 heterocycles. The predicted molar refractivity (Wildman–Crippen MR) is 147 cm³/mol. The molecule has 0 rings (SSSR count). The standard InChI is InChI=1S/C11H17ClO2.C9H15ClO.C8H14O2/c1-8(2)11(9(3)13,10(4)14)6-5-7-12;1-7(2)9(8(3)11)5-4-6-10;1-5(2)8(6(3)9)7(4)10/h5,7-8H,6H2,1-4H3;4,6-7,9H,5H2,1-3H3;5,8H,1-4H3/b7-5+;6-4+;. The van der Waals surface area contributed by atoms with Crippen molar-refractivity contribution in [2.24, 2.45) is 35.0 Å². The summed E-state index contributed by atoms with van der Waals surface area (Å²) in [6.07, 6.45) is 4.63. The molecule has 0 spiro atoms. The van der Waals surface area contributed by atoms with Crippen molar-refractivity contribution in [3.63, 3.8) is 0 Å². The van der Waals surface area contributed by atoms with Gasteiger partial charge in [-0.3, -0.25) is 24.0 Å². The van der Waals surface area contributed by atoms with E-state index in [1.807, 2.05) is 47.6 Å². The lowest BCUT2D eigenvalue weighted by Crippen LogP contribution is -2.41. The number of ketones is 5. The topological polar surface area (TPSA) is 85.3 Å². The third-order valence-corrected chi connectivity index (χ3v) is 6.48. The van der Waals surface area contributed by atoms with Gasteiger partial charge in [0.15, 0.2) is 0 Å². The van der Waals surface area contributed by atoms with E-state index in [0.717, 1.165) is 6.42 Å². The molecule has 0 aromatic carbocycles. The SMILES string of the molecule is CC(=O)C(C(C)=O)C(C)C.CC(=O)C(C/C=C/Cl)(C(C)=O)C(C)C.CC(=O)C(C/C=C/Cl)C(C)C. The molecule has 0 amide bonds. The van der Waals surface area contributed by atoms with E-state index < -0.39 is 5.41 Å². The second-order valence-corrected chi connectivity index (χ2v) is 10.3. The lowest BCUT2D eigenvalue weighted by atomic mass is 9.69. The van der Waals surface area contributed by atoms with Crippen LogP contribution >= 0.6 is 23.2 Å². The number of carbonyl (C=O) groups excluding carboxylic acids is 5. The van der Waals surface area contributed by atoms with Gasteiger partial charge in [-0.25, -0.2) is 0 Å². The Morgan fingerprint density at radius 1 is 0.657 bits per heavy atom. The van der Waals surface area contributed by atoms with Gasteiger partial charge in [-0.2, -0.15) is 0 Å². The number of rotatable bonds is 12. The Morgan fingerprint density at radius 3 is 1.23 bits per heavy atom. The lowest BCUT2D eigenvalue weighted by molar-refractivity contribution is -0.141. The van der Waals surface area contributed by atoms with Crippen molar-refractivity contribution in [3.05, 3.63) is 23.2 Å². The van der Waals surface area contributed by atoms with Crippen LogP contribution in [0.1, 0.15) is 89.0 Å². The molecule has 35 heavy (non-hydrogen) atoms. The van der Waals surface area contributed by atoms with Crippen LogP contribution in [0.4, 0.5) is 0 Å². The van der Waals surface area contributed by atoms with Gasteiger partial charge in [0.2, 0.25) is 0 Å². The minimum atomic E-state index is -0.897. The lowest BCUT2D eigenvalue weighted by Gasteiger charge is -2.31. The summed E-state index contributed by atoms with van der Waals surface area (Å²) in [5.74, 6) is 0.287. The molecule has 1 unspecified atom stereocenters. The van der Waals surface area contributed by atoms with Gasteiger partial charge in [-0.1, -0.05) is 76.9 Å².